The average molecular weight is 252 g/mol. The van der Waals surface area contributed by atoms with Crippen molar-refractivity contribution >= 4 is 17.2 Å². The number of hydrogen-bond acceptors (Lipinski definition) is 3. The molecule has 0 aromatic carbocycles. The lowest BCUT2D eigenvalue weighted by Gasteiger charge is -2.29. The Kier molecular flexibility index (Phi) is 4.18. The van der Waals surface area contributed by atoms with Gasteiger partial charge in [-0.25, -0.2) is 0 Å². The Morgan fingerprint density at radius 2 is 2.24 bits per heavy atom. The van der Waals surface area contributed by atoms with Crippen LogP contribution < -0.4 is 11.1 Å². The zero-order valence-electron chi connectivity index (χ0n) is 10.2. The first-order valence-corrected chi connectivity index (χ1v) is 7.12. The summed E-state index contributed by atoms with van der Waals surface area (Å²) in [6.07, 6.45) is 4.86. The highest BCUT2D eigenvalue weighted by Gasteiger charge is 2.23. The first-order chi connectivity index (χ1) is 8.20. The Bertz CT molecular complexity index is 389. The predicted octanol–water partition coefficient (Wildman–Crippen LogP) is 2.52. The van der Waals surface area contributed by atoms with E-state index in [2.05, 4.69) is 12.2 Å². The van der Waals surface area contributed by atoms with Gasteiger partial charge in [0.2, 0.25) is 0 Å². The third kappa shape index (κ3) is 3.07. The number of nitrogens with one attached hydrogen (secondary N) is 1. The lowest BCUT2D eigenvalue weighted by atomic mass is 9.86. The molecule has 2 rings (SSSR count). The van der Waals surface area contributed by atoms with Crippen LogP contribution in [-0.4, -0.2) is 11.9 Å². The molecule has 1 aromatic heterocycles. The van der Waals surface area contributed by atoms with E-state index in [1.165, 1.54) is 30.6 Å². The minimum absolute atomic E-state index is 0.0634. The molecule has 3 nitrogen and oxygen atoms in total. The standard InChI is InChI=1S/C13H20N2OS/c1-9-4-2-3-5-11(9)15-13(16)12-7-6-10(8-14)17-12/h6-7,9,11H,2-5,8,14H2,1H3,(H,15,16). The van der Waals surface area contributed by atoms with Crippen molar-refractivity contribution in [1.82, 2.24) is 5.32 Å². The van der Waals surface area contributed by atoms with Gasteiger partial charge in [-0.3, -0.25) is 4.79 Å². The summed E-state index contributed by atoms with van der Waals surface area (Å²) >= 11 is 1.49. The molecule has 3 N–H and O–H groups in total. The highest BCUT2D eigenvalue weighted by Crippen LogP contribution is 2.24. The molecule has 1 amide bonds. The summed E-state index contributed by atoms with van der Waals surface area (Å²) in [6.45, 7) is 2.74. The van der Waals surface area contributed by atoms with Crippen molar-refractivity contribution in [2.45, 2.75) is 45.2 Å². The monoisotopic (exact) mass is 252 g/mol. The molecule has 1 aliphatic rings. The molecule has 0 spiro atoms. The summed E-state index contributed by atoms with van der Waals surface area (Å²) < 4.78 is 0. The largest absolute Gasteiger partial charge is 0.348 e. The van der Waals surface area contributed by atoms with E-state index in [9.17, 15) is 4.79 Å². The van der Waals surface area contributed by atoms with E-state index >= 15 is 0 Å². The summed E-state index contributed by atoms with van der Waals surface area (Å²) in [7, 11) is 0. The maximum absolute atomic E-state index is 12.0. The first kappa shape index (κ1) is 12.6. The smallest absolute Gasteiger partial charge is 0.261 e. The van der Waals surface area contributed by atoms with Crippen molar-refractivity contribution in [3.05, 3.63) is 21.9 Å². The number of hydrogen-bond donors (Lipinski definition) is 2. The summed E-state index contributed by atoms with van der Waals surface area (Å²) in [5.41, 5.74) is 5.55. The molecule has 1 saturated carbocycles. The van der Waals surface area contributed by atoms with Gasteiger partial charge in [-0.2, -0.15) is 0 Å². The number of nitrogens with two attached hydrogens (primary N) is 1. The molecule has 4 heteroatoms. The summed E-state index contributed by atoms with van der Waals surface area (Å²) in [5, 5.41) is 3.15. The Hall–Kier alpha value is -0.870. The Morgan fingerprint density at radius 1 is 1.47 bits per heavy atom. The molecule has 2 atom stereocenters. The quantitative estimate of drug-likeness (QED) is 0.868. The van der Waals surface area contributed by atoms with Crippen molar-refractivity contribution in [2.75, 3.05) is 0 Å². The second kappa shape index (κ2) is 5.65. The molecule has 94 valence electrons. The van der Waals surface area contributed by atoms with E-state index in [1.807, 2.05) is 12.1 Å². The third-order valence-electron chi connectivity index (χ3n) is 3.51. The fourth-order valence-electron chi connectivity index (χ4n) is 2.38. The van der Waals surface area contributed by atoms with Gasteiger partial charge < -0.3 is 11.1 Å². The van der Waals surface area contributed by atoms with Crippen molar-refractivity contribution in [1.29, 1.82) is 0 Å². The number of thiophene rings is 1. The zero-order valence-corrected chi connectivity index (χ0v) is 11.1. The minimum atomic E-state index is 0.0634. The second-order valence-electron chi connectivity index (χ2n) is 4.81. The fraction of sp³-hybridized carbons (Fsp3) is 0.615. The molecule has 2 unspecified atom stereocenters. The van der Waals surface area contributed by atoms with Crippen LogP contribution in [-0.2, 0) is 6.54 Å². The van der Waals surface area contributed by atoms with Crippen LogP contribution >= 0.6 is 11.3 Å². The second-order valence-corrected chi connectivity index (χ2v) is 5.98. The van der Waals surface area contributed by atoms with Crippen molar-refractivity contribution in [3.8, 4) is 0 Å². The maximum Gasteiger partial charge on any atom is 0.261 e. The maximum atomic E-state index is 12.0. The van der Waals surface area contributed by atoms with Crippen molar-refractivity contribution in [3.63, 3.8) is 0 Å². The van der Waals surface area contributed by atoms with E-state index in [1.54, 1.807) is 0 Å². The zero-order chi connectivity index (χ0) is 12.3. The third-order valence-corrected chi connectivity index (χ3v) is 4.62. The van der Waals surface area contributed by atoms with Gasteiger partial charge in [0.1, 0.15) is 0 Å². The minimum Gasteiger partial charge on any atom is -0.348 e. The molecular weight excluding hydrogens is 232 g/mol. The van der Waals surface area contributed by atoms with Gasteiger partial charge in [0, 0.05) is 17.5 Å². The van der Waals surface area contributed by atoms with Crippen LogP contribution in [0.15, 0.2) is 12.1 Å². The van der Waals surface area contributed by atoms with Gasteiger partial charge in [0.05, 0.1) is 4.88 Å². The first-order valence-electron chi connectivity index (χ1n) is 6.30. The molecule has 0 aliphatic heterocycles. The van der Waals surface area contributed by atoms with E-state index < -0.39 is 0 Å². The average Bonchev–Trinajstić information content (AvgIpc) is 2.81. The molecule has 0 radical (unpaired) electrons. The van der Waals surface area contributed by atoms with Crippen LogP contribution in [0.1, 0.15) is 47.2 Å². The van der Waals surface area contributed by atoms with Crippen LogP contribution in [0, 0.1) is 5.92 Å². The number of carbonyl (C=O) groups is 1. The molecule has 0 bridgehead atoms. The summed E-state index contributed by atoms with van der Waals surface area (Å²) in [4.78, 5) is 13.9. The number of amides is 1. The SMILES string of the molecule is CC1CCCCC1NC(=O)c1ccc(CN)s1. The van der Waals surface area contributed by atoms with Gasteiger partial charge >= 0.3 is 0 Å². The topological polar surface area (TPSA) is 55.1 Å². The molecule has 0 saturated heterocycles. The van der Waals surface area contributed by atoms with Gasteiger partial charge in [-0.1, -0.05) is 19.8 Å². The molecule has 17 heavy (non-hydrogen) atoms. The fourth-order valence-corrected chi connectivity index (χ4v) is 3.17. The number of rotatable bonds is 3. The number of carbonyl (C=O) groups excluding carboxylic acids is 1. The van der Waals surface area contributed by atoms with E-state index in [4.69, 9.17) is 5.73 Å². The van der Waals surface area contributed by atoms with E-state index in [-0.39, 0.29) is 5.91 Å². The molecule has 1 fully saturated rings. The van der Waals surface area contributed by atoms with Crippen molar-refractivity contribution < 1.29 is 4.79 Å². The van der Waals surface area contributed by atoms with Crippen molar-refractivity contribution in [2.24, 2.45) is 11.7 Å². The van der Waals surface area contributed by atoms with Crippen LogP contribution in [0.5, 0.6) is 0 Å². The van der Waals surface area contributed by atoms with Gasteiger partial charge in [0.25, 0.3) is 5.91 Å². The van der Waals surface area contributed by atoms with Gasteiger partial charge in [-0.15, -0.1) is 11.3 Å². The van der Waals surface area contributed by atoms with E-state index in [0.29, 0.717) is 18.5 Å². The highest BCUT2D eigenvalue weighted by atomic mass is 32.1. The molecule has 1 aromatic rings. The lowest BCUT2D eigenvalue weighted by molar-refractivity contribution is 0.0914. The lowest BCUT2D eigenvalue weighted by Crippen LogP contribution is -2.40. The van der Waals surface area contributed by atoms with Gasteiger partial charge in [0.15, 0.2) is 0 Å². The molecule has 1 aliphatic carbocycles. The van der Waals surface area contributed by atoms with E-state index in [0.717, 1.165) is 16.2 Å². The summed E-state index contributed by atoms with van der Waals surface area (Å²) in [5.74, 6) is 0.662. The Labute approximate surface area is 106 Å². The van der Waals surface area contributed by atoms with Crippen LogP contribution in [0.4, 0.5) is 0 Å². The van der Waals surface area contributed by atoms with Crippen LogP contribution in [0.2, 0.25) is 0 Å². The summed E-state index contributed by atoms with van der Waals surface area (Å²) in [6, 6.07) is 4.15. The van der Waals surface area contributed by atoms with Crippen LogP contribution in [0.25, 0.3) is 0 Å². The van der Waals surface area contributed by atoms with Gasteiger partial charge in [-0.05, 0) is 30.9 Å². The van der Waals surface area contributed by atoms with Crippen LogP contribution in [0.3, 0.4) is 0 Å². The predicted molar refractivity (Wildman–Crippen MR) is 71.1 cm³/mol. The Balaban J connectivity index is 1.96. The molecular formula is C13H20N2OS. The highest BCUT2D eigenvalue weighted by molar-refractivity contribution is 7.14. The normalized spacial score (nSPS) is 24.6. The Morgan fingerprint density at radius 3 is 2.88 bits per heavy atom. The molecule has 1 heterocycles.